The van der Waals surface area contributed by atoms with Crippen LogP contribution >= 0.6 is 0 Å². The first kappa shape index (κ1) is 65.6. The maximum Gasteiger partial charge on any atom is 0.306 e. The smallest absolute Gasteiger partial charge is 0.306 e. The van der Waals surface area contributed by atoms with E-state index in [1.165, 1.54) is 148 Å². The summed E-state index contributed by atoms with van der Waals surface area (Å²) >= 11 is 0. The largest absolute Gasteiger partial charge is 0.462 e. The first-order valence-electron chi connectivity index (χ1n) is 29.5. The summed E-state index contributed by atoms with van der Waals surface area (Å²) in [6.45, 7) is 6.47. The minimum Gasteiger partial charge on any atom is -0.462 e. The van der Waals surface area contributed by atoms with Crippen LogP contribution in [0.15, 0.2) is 60.8 Å². The molecule has 0 aliphatic heterocycles. The summed E-state index contributed by atoms with van der Waals surface area (Å²) in [5.74, 6) is -0.505. The van der Waals surface area contributed by atoms with Gasteiger partial charge in [0.25, 0.3) is 0 Å². The Hall–Kier alpha value is -2.44. The quantitative estimate of drug-likeness (QED) is 0.0244. The van der Waals surface area contributed by atoms with E-state index in [0.29, 0.717) is 19.3 Å². The number of aliphatic hydroxyl groups excluding tert-OH is 2. The molecule has 0 radical (unpaired) electrons. The minimum atomic E-state index is -0.799. The molecule has 0 fully saturated rings. The van der Waals surface area contributed by atoms with E-state index < -0.39 is 18.2 Å². The second-order valence-electron chi connectivity index (χ2n) is 20.1. The van der Waals surface area contributed by atoms with E-state index in [2.05, 4.69) is 86.8 Å². The molecule has 6 nitrogen and oxygen atoms in total. The minimum absolute atomic E-state index is 0.0561. The molecule has 396 valence electrons. The molecule has 0 aromatic heterocycles. The van der Waals surface area contributed by atoms with Crippen molar-refractivity contribution >= 4 is 11.9 Å². The molecule has 0 spiro atoms. The monoisotopic (exact) mass is 952 g/mol. The second-order valence-corrected chi connectivity index (χ2v) is 20.1. The Balaban J connectivity index is 4.64. The number of ether oxygens (including phenoxy) is 1. The van der Waals surface area contributed by atoms with Crippen molar-refractivity contribution in [3.8, 4) is 0 Å². The van der Waals surface area contributed by atoms with Crippen LogP contribution in [-0.4, -0.2) is 46.9 Å². The number of unbranched alkanes of at least 4 members (excludes halogenated alkanes) is 32. The van der Waals surface area contributed by atoms with Gasteiger partial charge < -0.3 is 20.3 Å². The van der Waals surface area contributed by atoms with Gasteiger partial charge in [0, 0.05) is 6.42 Å². The number of carbonyl (C=O) groups excluding carboxylic acids is 2. The van der Waals surface area contributed by atoms with E-state index in [9.17, 15) is 19.8 Å². The predicted octanol–water partition coefficient (Wildman–Crippen LogP) is 18.4. The van der Waals surface area contributed by atoms with Crippen LogP contribution in [0.3, 0.4) is 0 Å². The fourth-order valence-electron chi connectivity index (χ4n) is 8.84. The third-order valence-electron chi connectivity index (χ3n) is 13.3. The third kappa shape index (κ3) is 50.0. The Bertz CT molecular complexity index is 1210. The summed E-state index contributed by atoms with van der Waals surface area (Å²) in [7, 11) is 0. The average molecular weight is 953 g/mol. The summed E-state index contributed by atoms with van der Waals surface area (Å²) in [6, 6.07) is -0.715. The summed E-state index contributed by atoms with van der Waals surface area (Å²) in [5.41, 5.74) is 0. The van der Waals surface area contributed by atoms with Crippen LogP contribution in [-0.2, 0) is 14.3 Å². The summed E-state index contributed by atoms with van der Waals surface area (Å²) in [6.07, 6.45) is 69.9. The van der Waals surface area contributed by atoms with E-state index in [0.717, 1.165) is 103 Å². The van der Waals surface area contributed by atoms with E-state index in [4.69, 9.17) is 4.74 Å². The molecule has 0 saturated carbocycles. The van der Waals surface area contributed by atoms with Gasteiger partial charge in [-0.1, -0.05) is 255 Å². The fraction of sp³-hybridized carbons (Fsp3) is 0.806. The van der Waals surface area contributed by atoms with Crippen molar-refractivity contribution in [3.05, 3.63) is 60.8 Å². The first-order valence-corrected chi connectivity index (χ1v) is 29.5. The number of hydrogen-bond donors (Lipinski definition) is 3. The number of nitrogens with one attached hydrogen (secondary N) is 1. The van der Waals surface area contributed by atoms with Crippen molar-refractivity contribution in [2.45, 2.75) is 315 Å². The van der Waals surface area contributed by atoms with Gasteiger partial charge in [-0.25, -0.2) is 0 Å². The average Bonchev–Trinajstić information content (AvgIpc) is 3.33. The maximum absolute atomic E-state index is 13.3. The topological polar surface area (TPSA) is 95.9 Å². The molecule has 6 heteroatoms. The van der Waals surface area contributed by atoms with Crippen molar-refractivity contribution in [3.63, 3.8) is 0 Å². The molecule has 0 aliphatic rings. The predicted molar refractivity (Wildman–Crippen MR) is 296 cm³/mol. The zero-order valence-electron chi connectivity index (χ0n) is 45.2. The molecular weight excluding hydrogens is 839 g/mol. The molecular formula is C62H113NO5. The van der Waals surface area contributed by atoms with Crippen molar-refractivity contribution in [2.24, 2.45) is 0 Å². The van der Waals surface area contributed by atoms with Crippen LogP contribution in [0.25, 0.3) is 0 Å². The number of hydrogen-bond acceptors (Lipinski definition) is 5. The van der Waals surface area contributed by atoms with E-state index in [1.54, 1.807) is 0 Å². The molecule has 3 unspecified atom stereocenters. The van der Waals surface area contributed by atoms with E-state index in [-0.39, 0.29) is 24.9 Å². The number of aliphatic hydroxyl groups is 2. The zero-order valence-corrected chi connectivity index (χ0v) is 45.2. The van der Waals surface area contributed by atoms with Crippen molar-refractivity contribution in [2.75, 3.05) is 6.61 Å². The van der Waals surface area contributed by atoms with Gasteiger partial charge in [0.1, 0.15) is 6.10 Å². The Morgan fingerprint density at radius 2 is 0.794 bits per heavy atom. The normalized spacial score (nSPS) is 13.5. The maximum atomic E-state index is 13.3. The second kappa shape index (κ2) is 55.5. The van der Waals surface area contributed by atoms with Crippen LogP contribution in [0.5, 0.6) is 0 Å². The van der Waals surface area contributed by atoms with Gasteiger partial charge in [-0.3, -0.25) is 9.59 Å². The van der Waals surface area contributed by atoms with Gasteiger partial charge in [-0.05, 0) is 89.9 Å². The number of carbonyl (C=O) groups is 2. The highest BCUT2D eigenvalue weighted by atomic mass is 16.5. The number of rotatable bonds is 53. The standard InChI is InChI=1S/C62H113NO5/c1-4-7-10-13-16-19-22-25-28-30-32-34-37-40-43-46-49-52-55-62(67)68-58(53-50-47-44-41-38-35-33-31-29-26-23-20-17-14-11-8-5-2)56-61(66)63-59(57-64)60(65)54-51-48-45-42-39-36-27-24-21-18-15-12-9-6-3/h17,20,26,28-30,32-35,58-60,64-65H,4-16,18-19,21-25,27,31,36-57H2,1-3H3,(H,63,66)/b20-17-,29-26-,30-28+,34-32+,35-33-. The summed E-state index contributed by atoms with van der Waals surface area (Å²) in [5, 5.41) is 23.9. The Morgan fingerprint density at radius 3 is 1.25 bits per heavy atom. The van der Waals surface area contributed by atoms with Gasteiger partial charge in [-0.2, -0.15) is 0 Å². The SMILES string of the molecule is CCCCC/C=C\C/C=C\C/C=C\CCCCCCC(CC(=O)NC(CO)C(O)CCCCCCCCCCCCCCCC)OC(=O)CCCCCCC/C=C/C=C/CCCCCCCCC. The van der Waals surface area contributed by atoms with Crippen LogP contribution in [0.2, 0.25) is 0 Å². The van der Waals surface area contributed by atoms with E-state index >= 15 is 0 Å². The first-order chi connectivity index (χ1) is 33.5. The molecule has 0 aromatic rings. The fourth-order valence-corrected chi connectivity index (χ4v) is 8.84. The van der Waals surface area contributed by atoms with Crippen LogP contribution in [0.4, 0.5) is 0 Å². The molecule has 3 N–H and O–H groups in total. The molecule has 68 heavy (non-hydrogen) atoms. The number of esters is 1. The van der Waals surface area contributed by atoms with Crippen LogP contribution < -0.4 is 5.32 Å². The van der Waals surface area contributed by atoms with Gasteiger partial charge in [0.2, 0.25) is 5.91 Å². The highest BCUT2D eigenvalue weighted by molar-refractivity contribution is 5.77. The lowest BCUT2D eigenvalue weighted by Crippen LogP contribution is -2.46. The Kier molecular flexibility index (Phi) is 53.5. The van der Waals surface area contributed by atoms with Crippen molar-refractivity contribution in [1.29, 1.82) is 0 Å². The van der Waals surface area contributed by atoms with Gasteiger partial charge in [-0.15, -0.1) is 0 Å². The summed E-state index contributed by atoms with van der Waals surface area (Å²) < 4.78 is 5.95. The molecule has 0 aliphatic carbocycles. The van der Waals surface area contributed by atoms with Crippen molar-refractivity contribution < 1.29 is 24.5 Å². The lowest BCUT2D eigenvalue weighted by Gasteiger charge is -2.24. The van der Waals surface area contributed by atoms with Gasteiger partial charge in [0.15, 0.2) is 0 Å². The summed E-state index contributed by atoms with van der Waals surface area (Å²) in [4.78, 5) is 26.3. The van der Waals surface area contributed by atoms with Crippen molar-refractivity contribution in [1.82, 2.24) is 5.32 Å². The molecule has 0 bridgehead atoms. The number of allylic oxidation sites excluding steroid dienone is 10. The molecule has 0 aromatic carbocycles. The molecule has 0 heterocycles. The molecule has 0 rings (SSSR count). The van der Waals surface area contributed by atoms with Gasteiger partial charge in [0.05, 0.1) is 25.2 Å². The lowest BCUT2D eigenvalue weighted by atomic mass is 10.0. The third-order valence-corrected chi connectivity index (χ3v) is 13.3. The Morgan fingerprint density at radius 1 is 0.441 bits per heavy atom. The molecule has 0 saturated heterocycles. The van der Waals surface area contributed by atoms with E-state index in [1.807, 2.05) is 0 Å². The zero-order chi connectivity index (χ0) is 49.5. The Labute approximate surface area is 422 Å². The van der Waals surface area contributed by atoms with Crippen LogP contribution in [0, 0.1) is 0 Å². The van der Waals surface area contributed by atoms with Crippen LogP contribution in [0.1, 0.15) is 297 Å². The highest BCUT2D eigenvalue weighted by Gasteiger charge is 2.24. The highest BCUT2D eigenvalue weighted by Crippen LogP contribution is 2.18. The lowest BCUT2D eigenvalue weighted by molar-refractivity contribution is -0.151. The number of amides is 1. The molecule has 3 atom stereocenters. The van der Waals surface area contributed by atoms with Gasteiger partial charge >= 0.3 is 5.97 Å². The molecule has 1 amide bonds.